The first-order valence-electron chi connectivity index (χ1n) is 10.8. The molecule has 0 aliphatic carbocycles. The fourth-order valence-electron chi connectivity index (χ4n) is 4.55. The molecule has 0 unspecified atom stereocenters. The van der Waals surface area contributed by atoms with Crippen molar-refractivity contribution in [1.29, 1.82) is 0 Å². The minimum absolute atomic E-state index is 1.19. The van der Waals surface area contributed by atoms with Crippen molar-refractivity contribution >= 4 is 44.1 Å². The molecule has 6 rings (SSSR count). The van der Waals surface area contributed by atoms with E-state index >= 15 is 0 Å². The van der Waals surface area contributed by atoms with E-state index in [9.17, 15) is 0 Å². The lowest BCUT2D eigenvalue weighted by molar-refractivity contribution is 1.35. The van der Waals surface area contributed by atoms with E-state index in [0.29, 0.717) is 0 Å². The van der Waals surface area contributed by atoms with Crippen LogP contribution in [0.1, 0.15) is 5.56 Å². The smallest absolute Gasteiger partial charge is 0.0353 e. The van der Waals surface area contributed by atoms with Crippen LogP contribution in [0.3, 0.4) is 0 Å². The molecule has 5 aromatic carbocycles. The lowest BCUT2D eigenvalue weighted by Gasteiger charge is -2.18. The molecule has 0 bridgehead atoms. The number of nitrogens with zero attached hydrogens (tertiary/aromatic N) is 1. The maximum Gasteiger partial charge on any atom is 0.0353 e. The third kappa shape index (κ3) is 3.16. The van der Waals surface area contributed by atoms with Crippen LogP contribution >= 0.6 is 11.8 Å². The minimum Gasteiger partial charge on any atom is -0.264 e. The molecule has 0 aliphatic rings. The van der Waals surface area contributed by atoms with Crippen LogP contribution in [0, 0.1) is 6.92 Å². The molecule has 6 aromatic rings. The van der Waals surface area contributed by atoms with Crippen molar-refractivity contribution in [3.63, 3.8) is 0 Å². The van der Waals surface area contributed by atoms with Crippen molar-refractivity contribution in [2.45, 2.75) is 16.7 Å². The van der Waals surface area contributed by atoms with Crippen molar-refractivity contribution in [2.24, 2.45) is 0 Å². The third-order valence-electron chi connectivity index (χ3n) is 6.08. The molecule has 1 nitrogen and oxygen atoms in total. The Morgan fingerprint density at radius 2 is 1.28 bits per heavy atom. The molecule has 0 atom stereocenters. The molecule has 32 heavy (non-hydrogen) atoms. The van der Waals surface area contributed by atoms with Gasteiger partial charge in [0.2, 0.25) is 0 Å². The zero-order valence-corrected chi connectivity index (χ0v) is 18.6. The highest BCUT2D eigenvalue weighted by molar-refractivity contribution is 7.99. The summed E-state index contributed by atoms with van der Waals surface area (Å²) in [6, 6.07) is 34.9. The van der Waals surface area contributed by atoms with Gasteiger partial charge in [0.15, 0.2) is 0 Å². The molecular formula is C30H21NS. The van der Waals surface area contributed by atoms with Gasteiger partial charge in [-0.1, -0.05) is 96.2 Å². The van der Waals surface area contributed by atoms with Gasteiger partial charge in [0.05, 0.1) is 0 Å². The van der Waals surface area contributed by atoms with Gasteiger partial charge in [0.25, 0.3) is 0 Å². The van der Waals surface area contributed by atoms with Gasteiger partial charge >= 0.3 is 0 Å². The van der Waals surface area contributed by atoms with Crippen molar-refractivity contribution in [3.05, 3.63) is 115 Å². The van der Waals surface area contributed by atoms with E-state index in [2.05, 4.69) is 109 Å². The molecule has 0 spiro atoms. The molecule has 0 aliphatic heterocycles. The first-order valence-corrected chi connectivity index (χ1v) is 11.6. The molecule has 0 saturated heterocycles. The van der Waals surface area contributed by atoms with Crippen LogP contribution in [0.15, 0.2) is 119 Å². The molecule has 152 valence electrons. The standard InChI is InChI=1S/C30H21NS/c1-20-13-15-22(16-14-20)32-30-26-11-5-4-10-25(26)29(28-19-31-18-17-27(28)30)24-12-6-8-21-7-2-3-9-23(21)24/h2-19H,1H3. The van der Waals surface area contributed by atoms with E-state index in [0.717, 1.165) is 0 Å². The highest BCUT2D eigenvalue weighted by atomic mass is 32.2. The number of aryl methyl sites for hydroxylation is 1. The summed E-state index contributed by atoms with van der Waals surface area (Å²) in [7, 11) is 0. The molecule has 2 heteroatoms. The first-order chi connectivity index (χ1) is 15.8. The summed E-state index contributed by atoms with van der Waals surface area (Å²) in [6.07, 6.45) is 3.93. The first kappa shape index (κ1) is 19.1. The van der Waals surface area contributed by atoms with Crippen molar-refractivity contribution in [1.82, 2.24) is 4.98 Å². The predicted octanol–water partition coefficient (Wildman–Crippen LogP) is 8.67. The highest BCUT2D eigenvalue weighted by Crippen LogP contribution is 2.46. The summed E-state index contributed by atoms with van der Waals surface area (Å²) in [6.45, 7) is 2.13. The third-order valence-corrected chi connectivity index (χ3v) is 7.23. The largest absolute Gasteiger partial charge is 0.264 e. The molecule has 0 fully saturated rings. The van der Waals surface area contributed by atoms with Crippen LogP contribution in [0.5, 0.6) is 0 Å². The van der Waals surface area contributed by atoms with Gasteiger partial charge in [0, 0.05) is 27.6 Å². The van der Waals surface area contributed by atoms with Gasteiger partial charge in [-0.05, 0) is 63.2 Å². The molecule has 0 N–H and O–H groups in total. The summed E-state index contributed by atoms with van der Waals surface area (Å²) in [5, 5.41) is 7.50. The van der Waals surface area contributed by atoms with E-state index in [1.165, 1.54) is 58.8 Å². The average Bonchev–Trinajstić information content (AvgIpc) is 2.85. The predicted molar refractivity (Wildman–Crippen MR) is 137 cm³/mol. The second-order valence-electron chi connectivity index (χ2n) is 8.11. The minimum atomic E-state index is 1.19. The SMILES string of the molecule is Cc1ccc(Sc2c3ccccc3c(-c3cccc4ccccc34)c3cnccc23)cc1. The van der Waals surface area contributed by atoms with Gasteiger partial charge in [-0.2, -0.15) is 0 Å². The Morgan fingerprint density at radius 3 is 2.12 bits per heavy atom. The highest BCUT2D eigenvalue weighted by Gasteiger charge is 2.17. The van der Waals surface area contributed by atoms with Crippen LogP contribution in [0.4, 0.5) is 0 Å². The zero-order chi connectivity index (χ0) is 21.5. The normalized spacial score (nSPS) is 11.4. The maximum absolute atomic E-state index is 4.54. The summed E-state index contributed by atoms with van der Waals surface area (Å²) in [4.78, 5) is 7.07. The van der Waals surface area contributed by atoms with E-state index in [1.54, 1.807) is 0 Å². The topological polar surface area (TPSA) is 12.9 Å². The molecule has 0 saturated carbocycles. The Morgan fingerprint density at radius 1 is 0.594 bits per heavy atom. The quantitative estimate of drug-likeness (QED) is 0.262. The van der Waals surface area contributed by atoms with E-state index < -0.39 is 0 Å². The van der Waals surface area contributed by atoms with Gasteiger partial charge in [-0.3, -0.25) is 4.98 Å². The number of benzene rings is 5. The van der Waals surface area contributed by atoms with Crippen LogP contribution in [0.2, 0.25) is 0 Å². The lowest BCUT2D eigenvalue weighted by Crippen LogP contribution is -1.91. The zero-order valence-electron chi connectivity index (χ0n) is 17.7. The summed E-state index contributed by atoms with van der Waals surface area (Å²) >= 11 is 1.84. The van der Waals surface area contributed by atoms with Crippen molar-refractivity contribution in [3.8, 4) is 11.1 Å². The second kappa shape index (κ2) is 7.81. The lowest BCUT2D eigenvalue weighted by atomic mass is 9.90. The van der Waals surface area contributed by atoms with Crippen LogP contribution in [0.25, 0.3) is 43.4 Å². The second-order valence-corrected chi connectivity index (χ2v) is 9.20. The van der Waals surface area contributed by atoms with Crippen LogP contribution in [-0.4, -0.2) is 4.98 Å². The Kier molecular flexibility index (Phi) is 4.66. The van der Waals surface area contributed by atoms with Gasteiger partial charge < -0.3 is 0 Å². The van der Waals surface area contributed by atoms with E-state index in [1.807, 2.05) is 24.2 Å². The Hall–Kier alpha value is -3.62. The average molecular weight is 428 g/mol. The molecule has 1 heterocycles. The fourth-order valence-corrected chi connectivity index (χ4v) is 5.63. The van der Waals surface area contributed by atoms with Crippen LogP contribution in [-0.2, 0) is 0 Å². The molecule has 0 amide bonds. The van der Waals surface area contributed by atoms with Gasteiger partial charge in [0.1, 0.15) is 0 Å². The van der Waals surface area contributed by atoms with Crippen molar-refractivity contribution in [2.75, 3.05) is 0 Å². The number of rotatable bonds is 3. The molecular weight excluding hydrogens is 406 g/mol. The molecule has 1 aromatic heterocycles. The maximum atomic E-state index is 4.54. The molecule has 0 radical (unpaired) electrons. The summed E-state index contributed by atoms with van der Waals surface area (Å²) in [5.74, 6) is 0. The Labute approximate surface area is 191 Å². The van der Waals surface area contributed by atoms with Gasteiger partial charge in [-0.25, -0.2) is 0 Å². The summed E-state index contributed by atoms with van der Waals surface area (Å²) in [5.41, 5.74) is 3.79. The number of hydrogen-bond donors (Lipinski definition) is 0. The number of aromatic nitrogens is 1. The number of fused-ring (bicyclic) bond motifs is 3. The monoisotopic (exact) mass is 427 g/mol. The Bertz CT molecular complexity index is 1540. The van der Waals surface area contributed by atoms with Crippen molar-refractivity contribution < 1.29 is 0 Å². The summed E-state index contributed by atoms with van der Waals surface area (Å²) < 4.78 is 0. The number of hydrogen-bond acceptors (Lipinski definition) is 2. The van der Waals surface area contributed by atoms with Crippen LogP contribution < -0.4 is 0 Å². The van der Waals surface area contributed by atoms with Gasteiger partial charge in [-0.15, -0.1) is 0 Å². The van der Waals surface area contributed by atoms with E-state index in [4.69, 9.17) is 0 Å². The number of pyridine rings is 1. The van der Waals surface area contributed by atoms with E-state index in [-0.39, 0.29) is 0 Å². The Balaban J connectivity index is 1.72. The fraction of sp³-hybridized carbons (Fsp3) is 0.0333.